The van der Waals surface area contributed by atoms with E-state index >= 15 is 0 Å². The summed E-state index contributed by atoms with van der Waals surface area (Å²) in [4.78, 5) is 32.1. The highest BCUT2D eigenvalue weighted by atomic mass is 32.2. The molecule has 0 bridgehead atoms. The number of fused-ring (bicyclic) bond motifs is 2. The molecule has 8 heteroatoms. The van der Waals surface area contributed by atoms with Crippen molar-refractivity contribution in [3.63, 3.8) is 0 Å². The second-order valence-corrected chi connectivity index (χ2v) is 9.35. The molecular formula is C16H18O6S2. The lowest BCUT2D eigenvalue weighted by atomic mass is 9.82. The summed E-state index contributed by atoms with van der Waals surface area (Å²) in [5.41, 5.74) is 1.25. The fourth-order valence-corrected chi connectivity index (χ4v) is 7.15. The second-order valence-electron chi connectivity index (χ2n) is 6.03. The summed E-state index contributed by atoms with van der Waals surface area (Å²) < 4.78 is -0.518. The van der Waals surface area contributed by atoms with Crippen LogP contribution in [0.25, 0.3) is 0 Å². The predicted octanol–water partition coefficient (Wildman–Crippen LogP) is 2.70. The van der Waals surface area contributed by atoms with Crippen molar-refractivity contribution in [2.75, 3.05) is 5.75 Å². The van der Waals surface area contributed by atoms with E-state index in [9.17, 15) is 19.8 Å². The first kappa shape index (κ1) is 17.3. The molecule has 0 radical (unpaired) electrons. The van der Waals surface area contributed by atoms with Crippen molar-refractivity contribution in [3.05, 3.63) is 23.3 Å². The van der Waals surface area contributed by atoms with Crippen LogP contribution < -0.4 is 0 Å². The van der Waals surface area contributed by atoms with Gasteiger partial charge in [-0.2, -0.15) is 0 Å². The zero-order valence-electron chi connectivity index (χ0n) is 13.3. The van der Waals surface area contributed by atoms with Gasteiger partial charge in [0.05, 0.1) is 10.00 Å². The molecule has 6 nitrogen and oxygen atoms in total. The molecule has 1 spiro atoms. The average Bonchev–Trinajstić information content (AvgIpc) is 2.89. The summed E-state index contributed by atoms with van der Waals surface area (Å²) in [7, 11) is 0. The molecule has 1 aliphatic heterocycles. The molecular weight excluding hydrogens is 352 g/mol. The number of aromatic hydroxyl groups is 2. The monoisotopic (exact) mass is 370 g/mol. The van der Waals surface area contributed by atoms with Crippen molar-refractivity contribution in [1.29, 1.82) is 0 Å². The highest BCUT2D eigenvalue weighted by Gasteiger charge is 2.50. The van der Waals surface area contributed by atoms with E-state index in [4.69, 9.17) is 0 Å². The molecule has 0 aromatic heterocycles. The van der Waals surface area contributed by atoms with E-state index < -0.39 is 21.9 Å². The van der Waals surface area contributed by atoms with Crippen LogP contribution in [0.4, 0.5) is 0 Å². The van der Waals surface area contributed by atoms with Crippen LogP contribution in [0.3, 0.4) is 0 Å². The number of carbonyl (C=O) groups is 2. The fourth-order valence-electron chi connectivity index (χ4n) is 3.22. The minimum absolute atomic E-state index is 0.0490. The van der Waals surface area contributed by atoms with Crippen LogP contribution in [0.15, 0.2) is 12.1 Å². The Hall–Kier alpha value is -1.54. The first-order valence-corrected chi connectivity index (χ1v) is 9.44. The molecule has 0 amide bonds. The Morgan fingerprint density at radius 2 is 1.96 bits per heavy atom. The molecule has 1 saturated heterocycles. The molecule has 2 aliphatic rings. The predicted molar refractivity (Wildman–Crippen MR) is 90.6 cm³/mol. The third-order valence-corrected chi connectivity index (χ3v) is 7.81. The average molecular weight is 370 g/mol. The maximum absolute atomic E-state index is 12.3. The zero-order valence-corrected chi connectivity index (χ0v) is 14.9. The van der Waals surface area contributed by atoms with E-state index in [0.717, 1.165) is 12.7 Å². The van der Waals surface area contributed by atoms with E-state index in [2.05, 4.69) is 16.7 Å². The van der Waals surface area contributed by atoms with Crippen molar-refractivity contribution in [1.82, 2.24) is 0 Å². The highest BCUT2D eigenvalue weighted by Crippen LogP contribution is 2.63. The topological polar surface area (TPSA) is 93.1 Å². The third kappa shape index (κ3) is 3.04. The number of hydrogen-bond donors (Lipinski definition) is 2. The van der Waals surface area contributed by atoms with E-state index in [-0.39, 0.29) is 17.9 Å². The lowest BCUT2D eigenvalue weighted by Crippen LogP contribution is -2.34. The minimum atomic E-state index is -0.701. The quantitative estimate of drug-likeness (QED) is 0.443. The van der Waals surface area contributed by atoms with Crippen molar-refractivity contribution in [3.8, 4) is 11.5 Å². The van der Waals surface area contributed by atoms with Crippen LogP contribution in [-0.2, 0) is 29.9 Å². The smallest absolute Gasteiger partial charge is 0.359 e. The summed E-state index contributed by atoms with van der Waals surface area (Å²) in [6.45, 7) is 3.24. The fraction of sp³-hybridized carbons (Fsp3) is 0.500. The van der Waals surface area contributed by atoms with Crippen LogP contribution in [0, 0.1) is 5.92 Å². The first-order valence-electron chi connectivity index (χ1n) is 7.57. The Labute approximate surface area is 147 Å². The molecule has 2 N–H and O–H groups in total. The number of phenolic OH excluding ortho intramolecular Hbond substituents is 2. The Morgan fingerprint density at radius 1 is 1.25 bits per heavy atom. The Balaban J connectivity index is 1.97. The maximum Gasteiger partial charge on any atom is 0.359 e. The number of thioether (sulfide) groups is 2. The minimum Gasteiger partial charge on any atom is -0.508 e. The number of hydrogen-bond acceptors (Lipinski definition) is 8. The summed E-state index contributed by atoms with van der Waals surface area (Å²) in [5.74, 6) is -0.844. The SMILES string of the molecule is CC(=O)OOC(=O)C1Cc2c(O)ccc(O)c2C2(C1)SCC(C)S2. The molecule has 1 heterocycles. The lowest BCUT2D eigenvalue weighted by Gasteiger charge is -2.38. The third-order valence-electron chi connectivity index (χ3n) is 4.13. The molecule has 24 heavy (non-hydrogen) atoms. The largest absolute Gasteiger partial charge is 0.508 e. The molecule has 0 saturated carbocycles. The van der Waals surface area contributed by atoms with Gasteiger partial charge in [-0.05, 0) is 25.0 Å². The van der Waals surface area contributed by atoms with E-state index in [1.165, 1.54) is 12.1 Å². The van der Waals surface area contributed by atoms with Crippen LogP contribution in [0.1, 0.15) is 31.4 Å². The summed E-state index contributed by atoms with van der Waals surface area (Å²) in [6.07, 6.45) is 0.670. The standard InChI is InChI=1S/C16H18O6S2/c1-8-7-23-16(24-8)6-10(15(20)22-21-9(2)17)5-11-12(18)3-4-13(19)14(11)16/h3-4,8,10,18-19H,5-7H2,1-2H3. The number of carbonyl (C=O) groups excluding carboxylic acids is 2. The van der Waals surface area contributed by atoms with E-state index in [0.29, 0.717) is 22.8 Å². The number of benzene rings is 1. The summed E-state index contributed by atoms with van der Waals surface area (Å²) in [6, 6.07) is 2.91. The van der Waals surface area contributed by atoms with Crippen LogP contribution >= 0.6 is 23.5 Å². The Bertz CT molecular complexity index is 691. The van der Waals surface area contributed by atoms with Gasteiger partial charge < -0.3 is 10.2 Å². The van der Waals surface area contributed by atoms with Crippen LogP contribution in [0.2, 0.25) is 0 Å². The van der Waals surface area contributed by atoms with Gasteiger partial charge in [0, 0.05) is 29.1 Å². The van der Waals surface area contributed by atoms with Crippen LogP contribution in [0.5, 0.6) is 11.5 Å². The summed E-state index contributed by atoms with van der Waals surface area (Å²) in [5, 5.41) is 21.0. The molecule has 130 valence electrons. The molecule has 1 fully saturated rings. The van der Waals surface area contributed by atoms with Crippen molar-refractivity contribution < 1.29 is 29.6 Å². The maximum atomic E-state index is 12.3. The number of phenols is 2. The van der Waals surface area contributed by atoms with Crippen LogP contribution in [-0.4, -0.2) is 33.2 Å². The van der Waals surface area contributed by atoms with Gasteiger partial charge in [-0.25, -0.2) is 19.4 Å². The van der Waals surface area contributed by atoms with Gasteiger partial charge in [0.1, 0.15) is 11.5 Å². The second kappa shape index (κ2) is 6.40. The Kier molecular flexibility index (Phi) is 4.61. The van der Waals surface area contributed by atoms with Gasteiger partial charge in [-0.3, -0.25) is 0 Å². The molecule has 3 unspecified atom stereocenters. The normalized spacial score (nSPS) is 28.4. The van der Waals surface area contributed by atoms with Gasteiger partial charge in [0.15, 0.2) is 0 Å². The Morgan fingerprint density at radius 3 is 2.58 bits per heavy atom. The van der Waals surface area contributed by atoms with Gasteiger partial charge in [0.25, 0.3) is 0 Å². The van der Waals surface area contributed by atoms with Gasteiger partial charge in [-0.1, -0.05) is 6.92 Å². The molecule has 1 aromatic carbocycles. The molecule has 3 rings (SSSR count). The lowest BCUT2D eigenvalue weighted by molar-refractivity contribution is -0.260. The van der Waals surface area contributed by atoms with Crippen molar-refractivity contribution in [2.45, 2.75) is 36.0 Å². The summed E-state index contributed by atoms with van der Waals surface area (Å²) >= 11 is 3.34. The van der Waals surface area contributed by atoms with E-state index in [1.54, 1.807) is 23.5 Å². The molecule has 1 aromatic rings. The molecule has 1 aliphatic carbocycles. The number of rotatable bonds is 1. The zero-order chi connectivity index (χ0) is 17.5. The highest BCUT2D eigenvalue weighted by molar-refractivity contribution is 8.21. The molecule has 3 atom stereocenters. The first-order chi connectivity index (χ1) is 11.3. The van der Waals surface area contributed by atoms with Gasteiger partial charge in [0.2, 0.25) is 0 Å². The van der Waals surface area contributed by atoms with Crippen molar-refractivity contribution >= 4 is 35.5 Å². The van der Waals surface area contributed by atoms with Gasteiger partial charge >= 0.3 is 11.9 Å². The van der Waals surface area contributed by atoms with E-state index in [1.807, 2.05) is 0 Å². The van der Waals surface area contributed by atoms with Gasteiger partial charge in [-0.15, -0.1) is 23.5 Å². The van der Waals surface area contributed by atoms with Crippen molar-refractivity contribution in [2.24, 2.45) is 5.92 Å².